The number of para-hydroxylation sites is 1. The van der Waals surface area contributed by atoms with Crippen LogP contribution in [0.25, 0.3) is 0 Å². The second kappa shape index (κ2) is 24.9. The van der Waals surface area contributed by atoms with Gasteiger partial charge in [0.1, 0.15) is 5.54 Å². The van der Waals surface area contributed by atoms with Crippen LogP contribution < -0.4 is 15.5 Å². The van der Waals surface area contributed by atoms with E-state index >= 15 is 0 Å². The Balaban J connectivity index is 1.36. The molecule has 0 fully saturated rings. The van der Waals surface area contributed by atoms with Gasteiger partial charge in [-0.2, -0.15) is 0 Å². The molecule has 0 bridgehead atoms. The van der Waals surface area contributed by atoms with Crippen molar-refractivity contribution in [2.75, 3.05) is 77.5 Å². The van der Waals surface area contributed by atoms with Crippen LogP contribution >= 0.6 is 0 Å². The van der Waals surface area contributed by atoms with Crippen LogP contribution in [0.1, 0.15) is 55.2 Å². The molecule has 5 N–H and O–H groups in total. The highest BCUT2D eigenvalue weighted by Gasteiger charge is 2.34. The summed E-state index contributed by atoms with van der Waals surface area (Å²) in [6.45, 7) is -0.302. The van der Waals surface area contributed by atoms with Gasteiger partial charge in [-0.15, -0.1) is 0 Å². The van der Waals surface area contributed by atoms with E-state index in [9.17, 15) is 28.8 Å². The summed E-state index contributed by atoms with van der Waals surface area (Å²) in [7, 11) is 0. The fourth-order valence-corrected chi connectivity index (χ4v) is 5.27. The van der Waals surface area contributed by atoms with Crippen LogP contribution in [0.15, 0.2) is 48.5 Å². The number of anilines is 1. The quantitative estimate of drug-likeness (QED) is 0.0609. The lowest BCUT2D eigenvalue weighted by Gasteiger charge is -2.34. The van der Waals surface area contributed by atoms with Crippen LogP contribution in [-0.2, 0) is 59.0 Å². The molecule has 0 unspecified atom stereocenters. The van der Waals surface area contributed by atoms with Gasteiger partial charge >= 0.3 is 17.9 Å². The summed E-state index contributed by atoms with van der Waals surface area (Å²) in [6.07, 6.45) is -1.04. The lowest BCUT2D eigenvalue weighted by Crippen LogP contribution is -2.59. The van der Waals surface area contributed by atoms with Gasteiger partial charge in [0.05, 0.1) is 97.6 Å². The van der Waals surface area contributed by atoms with Gasteiger partial charge in [0.15, 0.2) is 0 Å². The Hall–Kier alpha value is -5.38. The Bertz CT molecular complexity index is 1630. The van der Waals surface area contributed by atoms with Crippen molar-refractivity contribution in [1.82, 2.24) is 10.6 Å². The van der Waals surface area contributed by atoms with E-state index in [4.69, 9.17) is 39.0 Å². The number of nitrogens with zero attached hydrogens (tertiary/aromatic N) is 1. The van der Waals surface area contributed by atoms with E-state index in [1.54, 1.807) is 4.90 Å². The van der Waals surface area contributed by atoms with Gasteiger partial charge in [-0.3, -0.25) is 28.8 Å². The minimum absolute atomic E-state index is 0.00466. The SMILES string of the molecule is O=C(O)CCOCC(COCCC(=O)O)(COCCC(=O)O)NC(=O)CCOCCOCCNC(=O)CCC(=O)N1Cc2ccccc2C#Cc2ccccc21. The minimum atomic E-state index is -1.38. The second-order valence-electron chi connectivity index (χ2n) is 12.6. The molecule has 3 rings (SSSR count). The highest BCUT2D eigenvalue weighted by atomic mass is 16.5. The third-order valence-corrected chi connectivity index (χ3v) is 8.07. The lowest BCUT2D eigenvalue weighted by atomic mass is 10.0. The number of benzene rings is 2. The number of fused-ring (bicyclic) bond motifs is 2. The minimum Gasteiger partial charge on any atom is -0.481 e. The van der Waals surface area contributed by atoms with Crippen LogP contribution in [-0.4, -0.2) is 129 Å². The van der Waals surface area contributed by atoms with E-state index in [1.165, 1.54) is 0 Å². The fourth-order valence-electron chi connectivity index (χ4n) is 5.27. The predicted molar refractivity (Wildman–Crippen MR) is 199 cm³/mol. The first-order valence-corrected chi connectivity index (χ1v) is 18.1. The number of carboxylic acids is 3. The molecule has 3 amide bonds. The fraction of sp³-hybridized carbons (Fsp3) is 0.487. The van der Waals surface area contributed by atoms with E-state index < -0.39 is 29.4 Å². The zero-order valence-electron chi connectivity index (χ0n) is 31.1. The van der Waals surface area contributed by atoms with Crippen molar-refractivity contribution in [2.45, 2.75) is 50.6 Å². The van der Waals surface area contributed by atoms with Crippen LogP contribution in [0, 0.1) is 11.8 Å². The number of nitrogens with one attached hydrogen (secondary N) is 2. The maximum absolute atomic E-state index is 13.3. The smallest absolute Gasteiger partial charge is 0.305 e. The van der Waals surface area contributed by atoms with E-state index in [2.05, 4.69) is 22.5 Å². The van der Waals surface area contributed by atoms with Gasteiger partial charge < -0.3 is 54.5 Å². The van der Waals surface area contributed by atoms with Crippen molar-refractivity contribution in [1.29, 1.82) is 0 Å². The number of amides is 3. The molecular formula is C39H49N3O14. The average Bonchev–Trinajstić information content (AvgIpc) is 3.16. The molecule has 0 saturated carbocycles. The maximum Gasteiger partial charge on any atom is 0.305 e. The highest BCUT2D eigenvalue weighted by molar-refractivity contribution is 5.97. The van der Waals surface area contributed by atoms with Crippen molar-refractivity contribution < 1.29 is 67.8 Å². The number of rotatable bonds is 28. The average molecular weight is 784 g/mol. The molecule has 17 heteroatoms. The van der Waals surface area contributed by atoms with Crippen molar-refractivity contribution >= 4 is 41.3 Å². The molecular weight excluding hydrogens is 734 g/mol. The molecule has 1 heterocycles. The first kappa shape index (κ1) is 45.0. The normalized spacial score (nSPS) is 11.9. The second-order valence-corrected chi connectivity index (χ2v) is 12.6. The van der Waals surface area contributed by atoms with Gasteiger partial charge in [0.2, 0.25) is 17.7 Å². The topological polar surface area (TPSA) is 237 Å². The number of hydrogen-bond donors (Lipinski definition) is 5. The third-order valence-electron chi connectivity index (χ3n) is 8.07. The number of ether oxygens (including phenoxy) is 5. The largest absolute Gasteiger partial charge is 0.481 e. The van der Waals surface area contributed by atoms with Crippen LogP contribution in [0.4, 0.5) is 5.69 Å². The zero-order chi connectivity index (χ0) is 40.6. The van der Waals surface area contributed by atoms with Gasteiger partial charge in [-0.25, -0.2) is 0 Å². The van der Waals surface area contributed by atoms with Crippen LogP contribution in [0.3, 0.4) is 0 Å². The molecule has 1 aliphatic heterocycles. The molecule has 304 valence electrons. The van der Waals surface area contributed by atoms with Gasteiger partial charge in [-0.05, 0) is 23.8 Å². The van der Waals surface area contributed by atoms with Crippen molar-refractivity contribution in [2.24, 2.45) is 0 Å². The van der Waals surface area contributed by atoms with E-state index in [-0.39, 0.29) is 123 Å². The Labute approximate surface area is 324 Å². The van der Waals surface area contributed by atoms with Crippen molar-refractivity contribution in [3.05, 3.63) is 65.2 Å². The summed E-state index contributed by atoms with van der Waals surface area (Å²) < 4.78 is 27.4. The zero-order valence-corrected chi connectivity index (χ0v) is 31.1. The summed E-state index contributed by atoms with van der Waals surface area (Å²) in [5, 5.41) is 32.3. The molecule has 56 heavy (non-hydrogen) atoms. The molecule has 0 atom stereocenters. The molecule has 1 aliphatic rings. The van der Waals surface area contributed by atoms with E-state index in [0.29, 0.717) is 12.2 Å². The molecule has 2 aromatic rings. The number of aliphatic carboxylic acids is 3. The summed E-state index contributed by atoms with van der Waals surface area (Å²) in [6, 6.07) is 15.1. The number of carbonyl (C=O) groups is 6. The van der Waals surface area contributed by atoms with Gasteiger partial charge in [0, 0.05) is 36.9 Å². The van der Waals surface area contributed by atoms with Crippen LogP contribution in [0.2, 0.25) is 0 Å². The summed E-state index contributed by atoms with van der Waals surface area (Å²) in [5.74, 6) is 2.03. The third kappa shape index (κ3) is 17.4. The Kier molecular flexibility index (Phi) is 20.0. The molecule has 0 spiro atoms. The monoisotopic (exact) mass is 783 g/mol. The van der Waals surface area contributed by atoms with Crippen LogP contribution in [0.5, 0.6) is 0 Å². The standard InChI is InChI=1S/C39H49N3O14/c43-33(11-12-35(45)42-25-31-7-2-1-5-29(31)9-10-30-6-3-4-8-32(30)42)40-17-22-53-24-23-52-18-13-34(44)41-39(26-54-19-14-36(46)47,27-55-20-15-37(48)49)28-56-21-16-38(50)51/h1-8H,11-28H2,(H,40,43)(H,41,44)(H,46,47)(H,48,49)(H,50,51). The first-order valence-electron chi connectivity index (χ1n) is 18.1. The maximum atomic E-state index is 13.3. The number of hydrogen-bond acceptors (Lipinski definition) is 11. The van der Waals surface area contributed by atoms with Crippen molar-refractivity contribution in [3.63, 3.8) is 0 Å². The molecule has 2 aromatic carbocycles. The summed E-state index contributed by atoms with van der Waals surface area (Å²) in [5.41, 5.74) is 1.82. The van der Waals surface area contributed by atoms with Gasteiger partial charge in [0.25, 0.3) is 0 Å². The molecule has 0 radical (unpaired) electrons. The Morgan fingerprint density at radius 1 is 0.589 bits per heavy atom. The Morgan fingerprint density at radius 2 is 1.11 bits per heavy atom. The molecule has 0 aliphatic carbocycles. The number of carboxylic acid groups (broad SMARTS) is 3. The lowest BCUT2D eigenvalue weighted by molar-refractivity contribution is -0.140. The molecule has 0 aromatic heterocycles. The predicted octanol–water partition coefficient (Wildman–Crippen LogP) is 1.58. The van der Waals surface area contributed by atoms with E-state index in [0.717, 1.165) is 16.7 Å². The summed E-state index contributed by atoms with van der Waals surface area (Å²) >= 11 is 0. The first-order chi connectivity index (χ1) is 27.0. The van der Waals surface area contributed by atoms with Gasteiger partial charge in [-0.1, -0.05) is 42.2 Å². The highest BCUT2D eigenvalue weighted by Crippen LogP contribution is 2.26. The molecule has 17 nitrogen and oxygen atoms in total. The number of carbonyl (C=O) groups excluding carboxylic acids is 3. The van der Waals surface area contributed by atoms with E-state index in [1.807, 2.05) is 48.5 Å². The molecule has 0 saturated heterocycles. The van der Waals surface area contributed by atoms with Crippen molar-refractivity contribution in [3.8, 4) is 11.8 Å². The Morgan fingerprint density at radius 3 is 1.71 bits per heavy atom. The summed E-state index contributed by atoms with van der Waals surface area (Å²) in [4.78, 5) is 73.2.